The Morgan fingerprint density at radius 2 is 2.10 bits per heavy atom. The predicted octanol–water partition coefficient (Wildman–Crippen LogP) is 2.35. The van der Waals surface area contributed by atoms with Crippen LogP contribution in [0.1, 0.15) is 27.3 Å². The maximum Gasteiger partial charge on any atom is 0.251 e. The summed E-state index contributed by atoms with van der Waals surface area (Å²) in [4.78, 5) is 16.2. The van der Waals surface area contributed by atoms with Gasteiger partial charge in [0.1, 0.15) is 5.82 Å². The highest BCUT2D eigenvalue weighted by Gasteiger charge is 2.11. The van der Waals surface area contributed by atoms with E-state index in [0.29, 0.717) is 5.56 Å². The normalized spacial score (nSPS) is 10.3. The van der Waals surface area contributed by atoms with Gasteiger partial charge in [-0.05, 0) is 38.1 Å². The van der Waals surface area contributed by atoms with Crippen LogP contribution in [0.5, 0.6) is 0 Å². The molecule has 0 bridgehead atoms. The molecule has 0 aliphatic rings. The van der Waals surface area contributed by atoms with Crippen molar-refractivity contribution in [2.45, 2.75) is 20.4 Å². The number of carbonyl (C=O) groups excluding carboxylic acids is 1. The molecule has 0 saturated heterocycles. The SMILES string of the molecule is Cc1cccc(CNC(=O)c2cc(N)c(C)c(F)c2)n1. The van der Waals surface area contributed by atoms with Crippen LogP contribution in [0.25, 0.3) is 0 Å². The number of nitrogen functional groups attached to an aromatic ring is 1. The van der Waals surface area contributed by atoms with E-state index in [1.807, 2.05) is 25.1 Å². The number of hydrogen-bond donors (Lipinski definition) is 2. The molecule has 0 aliphatic heterocycles. The molecule has 0 spiro atoms. The van der Waals surface area contributed by atoms with Gasteiger partial charge in [0.15, 0.2) is 0 Å². The zero-order valence-corrected chi connectivity index (χ0v) is 11.4. The van der Waals surface area contributed by atoms with E-state index in [-0.39, 0.29) is 23.7 Å². The molecule has 2 rings (SSSR count). The second kappa shape index (κ2) is 5.69. The van der Waals surface area contributed by atoms with Crippen LogP contribution in [0.15, 0.2) is 30.3 Å². The summed E-state index contributed by atoms with van der Waals surface area (Å²) in [5, 5.41) is 2.69. The lowest BCUT2D eigenvalue weighted by Gasteiger charge is -2.08. The van der Waals surface area contributed by atoms with Gasteiger partial charge in [-0.25, -0.2) is 4.39 Å². The predicted molar refractivity (Wildman–Crippen MR) is 75.7 cm³/mol. The molecule has 2 aromatic rings. The number of pyridine rings is 1. The summed E-state index contributed by atoms with van der Waals surface area (Å²) in [7, 11) is 0. The van der Waals surface area contributed by atoms with E-state index in [0.717, 1.165) is 11.4 Å². The fourth-order valence-corrected chi connectivity index (χ4v) is 1.80. The van der Waals surface area contributed by atoms with Gasteiger partial charge >= 0.3 is 0 Å². The molecule has 0 fully saturated rings. The fourth-order valence-electron chi connectivity index (χ4n) is 1.80. The minimum absolute atomic E-state index is 0.207. The quantitative estimate of drug-likeness (QED) is 0.843. The number of amides is 1. The van der Waals surface area contributed by atoms with E-state index in [1.165, 1.54) is 12.1 Å². The average molecular weight is 273 g/mol. The van der Waals surface area contributed by atoms with E-state index >= 15 is 0 Å². The third-order valence-electron chi connectivity index (χ3n) is 3.02. The molecule has 1 aromatic carbocycles. The van der Waals surface area contributed by atoms with Crippen LogP contribution in [0, 0.1) is 19.7 Å². The molecule has 3 N–H and O–H groups in total. The lowest BCUT2D eigenvalue weighted by atomic mass is 10.1. The summed E-state index contributed by atoms with van der Waals surface area (Å²) < 4.78 is 13.5. The van der Waals surface area contributed by atoms with Crippen molar-refractivity contribution < 1.29 is 9.18 Å². The molecule has 1 heterocycles. The van der Waals surface area contributed by atoms with Gasteiger partial charge in [-0.2, -0.15) is 0 Å². The zero-order chi connectivity index (χ0) is 14.7. The molecule has 0 atom stereocenters. The van der Waals surface area contributed by atoms with Crippen LogP contribution in [-0.2, 0) is 6.54 Å². The second-order valence-corrected chi connectivity index (χ2v) is 4.63. The molecule has 0 saturated carbocycles. The van der Waals surface area contributed by atoms with Crippen molar-refractivity contribution in [1.82, 2.24) is 10.3 Å². The molecule has 104 valence electrons. The number of hydrogen-bond acceptors (Lipinski definition) is 3. The maximum atomic E-state index is 13.5. The Morgan fingerprint density at radius 3 is 2.75 bits per heavy atom. The summed E-state index contributed by atoms with van der Waals surface area (Å²) in [6.07, 6.45) is 0. The Morgan fingerprint density at radius 1 is 1.35 bits per heavy atom. The van der Waals surface area contributed by atoms with Crippen molar-refractivity contribution in [3.05, 3.63) is 58.7 Å². The minimum atomic E-state index is -0.483. The minimum Gasteiger partial charge on any atom is -0.398 e. The molecule has 1 aromatic heterocycles. The first-order chi connectivity index (χ1) is 9.47. The zero-order valence-electron chi connectivity index (χ0n) is 11.4. The molecular weight excluding hydrogens is 257 g/mol. The van der Waals surface area contributed by atoms with Crippen molar-refractivity contribution in [3.63, 3.8) is 0 Å². The Balaban J connectivity index is 2.09. The van der Waals surface area contributed by atoms with Crippen LogP contribution in [0.3, 0.4) is 0 Å². The second-order valence-electron chi connectivity index (χ2n) is 4.63. The molecule has 0 unspecified atom stereocenters. The van der Waals surface area contributed by atoms with Crippen LogP contribution in [-0.4, -0.2) is 10.9 Å². The first-order valence-electron chi connectivity index (χ1n) is 6.23. The van der Waals surface area contributed by atoms with Gasteiger partial charge < -0.3 is 11.1 Å². The number of aryl methyl sites for hydroxylation is 1. The first-order valence-corrected chi connectivity index (χ1v) is 6.23. The molecule has 5 heteroatoms. The fraction of sp³-hybridized carbons (Fsp3) is 0.200. The first kappa shape index (κ1) is 14.0. The number of nitrogens with two attached hydrogens (primary N) is 1. The summed E-state index contributed by atoms with van der Waals surface area (Å²) in [6, 6.07) is 8.22. The lowest BCUT2D eigenvalue weighted by Crippen LogP contribution is -2.23. The van der Waals surface area contributed by atoms with Gasteiger partial charge in [0.2, 0.25) is 0 Å². The average Bonchev–Trinajstić information content (AvgIpc) is 2.41. The van der Waals surface area contributed by atoms with Gasteiger partial charge in [0.25, 0.3) is 5.91 Å². The Kier molecular flexibility index (Phi) is 3.98. The van der Waals surface area contributed by atoms with Crippen LogP contribution < -0.4 is 11.1 Å². The number of nitrogens with one attached hydrogen (secondary N) is 1. The maximum absolute atomic E-state index is 13.5. The Labute approximate surface area is 116 Å². The standard InChI is InChI=1S/C15H16FN3O/c1-9-4-3-5-12(19-9)8-18-15(20)11-6-13(16)10(2)14(17)7-11/h3-7H,8,17H2,1-2H3,(H,18,20). The monoisotopic (exact) mass is 273 g/mol. The third kappa shape index (κ3) is 3.12. The van der Waals surface area contributed by atoms with Crippen molar-refractivity contribution in [1.29, 1.82) is 0 Å². The molecular formula is C15H16FN3O. The molecule has 0 radical (unpaired) electrons. The van der Waals surface area contributed by atoms with Crippen LogP contribution in [0.4, 0.5) is 10.1 Å². The molecule has 1 amide bonds. The highest BCUT2D eigenvalue weighted by molar-refractivity contribution is 5.95. The van der Waals surface area contributed by atoms with Gasteiger partial charge in [-0.1, -0.05) is 6.07 Å². The number of aromatic nitrogens is 1. The number of benzene rings is 1. The third-order valence-corrected chi connectivity index (χ3v) is 3.02. The van der Waals surface area contributed by atoms with Crippen molar-refractivity contribution >= 4 is 11.6 Å². The van der Waals surface area contributed by atoms with E-state index < -0.39 is 5.82 Å². The summed E-state index contributed by atoms with van der Waals surface area (Å²) in [6.45, 7) is 3.74. The number of nitrogens with zero attached hydrogens (tertiary/aromatic N) is 1. The number of carbonyl (C=O) groups is 1. The highest BCUT2D eigenvalue weighted by atomic mass is 19.1. The smallest absolute Gasteiger partial charge is 0.251 e. The summed E-state index contributed by atoms with van der Waals surface area (Å²) >= 11 is 0. The summed E-state index contributed by atoms with van der Waals surface area (Å²) in [5.41, 5.74) is 8.10. The topological polar surface area (TPSA) is 68.0 Å². The molecule has 4 nitrogen and oxygen atoms in total. The lowest BCUT2D eigenvalue weighted by molar-refractivity contribution is 0.0950. The van der Waals surface area contributed by atoms with Gasteiger partial charge in [-0.3, -0.25) is 9.78 Å². The Hall–Kier alpha value is -2.43. The van der Waals surface area contributed by atoms with E-state index in [9.17, 15) is 9.18 Å². The number of halogens is 1. The molecule has 0 aliphatic carbocycles. The van der Waals surface area contributed by atoms with E-state index in [1.54, 1.807) is 6.92 Å². The number of rotatable bonds is 3. The summed E-state index contributed by atoms with van der Waals surface area (Å²) in [5.74, 6) is -0.859. The largest absolute Gasteiger partial charge is 0.398 e. The Bertz CT molecular complexity index is 632. The van der Waals surface area contributed by atoms with Gasteiger partial charge in [0, 0.05) is 22.5 Å². The van der Waals surface area contributed by atoms with Gasteiger partial charge in [-0.15, -0.1) is 0 Å². The van der Waals surface area contributed by atoms with Gasteiger partial charge in [0.05, 0.1) is 12.2 Å². The van der Waals surface area contributed by atoms with Crippen molar-refractivity contribution in [2.24, 2.45) is 0 Å². The van der Waals surface area contributed by atoms with Crippen LogP contribution in [0.2, 0.25) is 0 Å². The highest BCUT2D eigenvalue weighted by Crippen LogP contribution is 2.17. The number of anilines is 1. The van der Waals surface area contributed by atoms with Crippen molar-refractivity contribution in [2.75, 3.05) is 5.73 Å². The van der Waals surface area contributed by atoms with Crippen LogP contribution >= 0.6 is 0 Å². The van der Waals surface area contributed by atoms with Crippen molar-refractivity contribution in [3.8, 4) is 0 Å². The van der Waals surface area contributed by atoms with E-state index in [4.69, 9.17) is 5.73 Å². The molecule has 20 heavy (non-hydrogen) atoms. The van der Waals surface area contributed by atoms with E-state index in [2.05, 4.69) is 10.3 Å².